The normalized spacial score (nSPS) is 11.4. The van der Waals surface area contributed by atoms with Crippen molar-refractivity contribution < 1.29 is 19.2 Å². The van der Waals surface area contributed by atoms with Crippen LogP contribution in [0.1, 0.15) is 24.2 Å². The smallest absolute Gasteiger partial charge is 0.311 e. The fourth-order valence-electron chi connectivity index (χ4n) is 2.38. The molecule has 0 spiro atoms. The third-order valence-corrected chi connectivity index (χ3v) is 3.62. The maximum atomic E-state index is 12.7. The van der Waals surface area contributed by atoms with Gasteiger partial charge in [0.2, 0.25) is 0 Å². The number of hydrogen-bond acceptors (Lipinski definition) is 5. The molecular weight excluding hydrogens is 324 g/mol. The first kappa shape index (κ1) is 18.1. The number of amides is 1. The van der Waals surface area contributed by atoms with Crippen LogP contribution >= 0.6 is 0 Å². The highest BCUT2D eigenvalue weighted by Gasteiger charge is 2.25. The summed E-state index contributed by atoms with van der Waals surface area (Å²) < 4.78 is 5.52. The van der Waals surface area contributed by atoms with Crippen molar-refractivity contribution in [2.45, 2.75) is 20.0 Å². The van der Waals surface area contributed by atoms with Gasteiger partial charge in [-0.15, -0.1) is 0 Å². The lowest BCUT2D eigenvalue weighted by Crippen LogP contribution is -2.40. The predicted octanol–water partition coefficient (Wildman–Crippen LogP) is 3.23. The molecule has 0 aliphatic carbocycles. The van der Waals surface area contributed by atoms with Gasteiger partial charge in [-0.2, -0.15) is 0 Å². The fraction of sp³-hybridized carbons (Fsp3) is 0.222. The topological polar surface area (TPSA) is 89.8 Å². The van der Waals surface area contributed by atoms with Gasteiger partial charge in [0.05, 0.1) is 4.92 Å². The van der Waals surface area contributed by atoms with E-state index in [1.165, 1.54) is 24.0 Å². The number of likely N-dealkylation sites (N-methyl/N-ethyl adjacent to an activating group) is 1. The lowest BCUT2D eigenvalue weighted by molar-refractivity contribution is -0.386. The molecular formula is C18H18N2O5. The third kappa shape index (κ3) is 4.20. The van der Waals surface area contributed by atoms with Gasteiger partial charge in [0.1, 0.15) is 6.29 Å². The minimum absolute atomic E-state index is 0.0550. The Kier molecular flexibility index (Phi) is 5.84. The van der Waals surface area contributed by atoms with Gasteiger partial charge in [0, 0.05) is 23.9 Å². The quantitative estimate of drug-likeness (QED) is 0.438. The van der Waals surface area contributed by atoms with Crippen LogP contribution in [-0.4, -0.2) is 29.8 Å². The molecule has 2 rings (SSSR count). The zero-order valence-electron chi connectivity index (χ0n) is 13.9. The number of hydrogen-bond donors (Lipinski definition) is 0. The van der Waals surface area contributed by atoms with E-state index >= 15 is 0 Å². The number of rotatable bonds is 7. The zero-order valence-corrected chi connectivity index (χ0v) is 13.9. The number of anilines is 1. The average molecular weight is 342 g/mol. The third-order valence-electron chi connectivity index (χ3n) is 3.62. The molecule has 0 aliphatic rings. The van der Waals surface area contributed by atoms with Crippen molar-refractivity contribution >= 4 is 23.6 Å². The number of nitro benzene ring substituents is 1. The molecule has 0 bridgehead atoms. The molecule has 130 valence electrons. The van der Waals surface area contributed by atoms with Gasteiger partial charge in [-0.25, -0.2) is 0 Å². The van der Waals surface area contributed by atoms with Crippen LogP contribution in [0.25, 0.3) is 0 Å². The Morgan fingerprint density at radius 1 is 1.28 bits per heavy atom. The van der Waals surface area contributed by atoms with Gasteiger partial charge < -0.3 is 9.64 Å². The van der Waals surface area contributed by atoms with Gasteiger partial charge in [0.15, 0.2) is 11.9 Å². The van der Waals surface area contributed by atoms with E-state index in [-0.39, 0.29) is 22.9 Å². The van der Waals surface area contributed by atoms with Crippen LogP contribution in [0.15, 0.2) is 48.5 Å². The lowest BCUT2D eigenvalue weighted by atomic mass is 10.2. The Labute approximate surface area is 145 Å². The van der Waals surface area contributed by atoms with E-state index in [0.29, 0.717) is 12.8 Å². The van der Waals surface area contributed by atoms with Crippen molar-refractivity contribution in [3.63, 3.8) is 0 Å². The van der Waals surface area contributed by atoms with Gasteiger partial charge in [-0.1, -0.05) is 18.2 Å². The van der Waals surface area contributed by atoms with Gasteiger partial charge in [-0.3, -0.25) is 19.7 Å². The Morgan fingerprint density at radius 2 is 1.96 bits per heavy atom. The second-order valence-corrected chi connectivity index (χ2v) is 5.28. The summed E-state index contributed by atoms with van der Waals surface area (Å²) in [6, 6.07) is 12.9. The lowest BCUT2D eigenvalue weighted by Gasteiger charge is -2.24. The summed E-state index contributed by atoms with van der Waals surface area (Å²) >= 11 is 0. The molecule has 0 unspecified atom stereocenters. The van der Waals surface area contributed by atoms with E-state index in [4.69, 9.17) is 4.74 Å². The Balaban J connectivity index is 2.23. The van der Waals surface area contributed by atoms with Crippen LogP contribution < -0.4 is 9.64 Å². The molecule has 2 aromatic carbocycles. The Bertz CT molecular complexity index is 776. The van der Waals surface area contributed by atoms with Crippen LogP contribution in [0.2, 0.25) is 0 Å². The van der Waals surface area contributed by atoms with Crippen molar-refractivity contribution in [2.24, 2.45) is 0 Å². The summed E-state index contributed by atoms with van der Waals surface area (Å²) in [6.45, 7) is 3.80. The fourth-order valence-corrected chi connectivity index (χ4v) is 2.38. The second-order valence-electron chi connectivity index (χ2n) is 5.28. The Morgan fingerprint density at radius 3 is 2.52 bits per heavy atom. The van der Waals surface area contributed by atoms with Crippen LogP contribution in [0, 0.1) is 10.1 Å². The van der Waals surface area contributed by atoms with E-state index in [1.807, 2.05) is 25.1 Å². The molecule has 0 aromatic heterocycles. The molecule has 0 N–H and O–H groups in total. The van der Waals surface area contributed by atoms with E-state index in [0.717, 1.165) is 11.8 Å². The van der Waals surface area contributed by atoms with E-state index in [9.17, 15) is 19.7 Å². The highest BCUT2D eigenvalue weighted by atomic mass is 16.6. The minimum Gasteiger partial charge on any atom is -0.474 e. The monoisotopic (exact) mass is 342 g/mol. The first-order valence-corrected chi connectivity index (χ1v) is 7.74. The van der Waals surface area contributed by atoms with Crippen molar-refractivity contribution in [1.82, 2.24) is 0 Å². The van der Waals surface area contributed by atoms with Crippen molar-refractivity contribution in [3.05, 3.63) is 64.2 Å². The SMILES string of the molecule is CCN(C(=O)[C@H](C)Oc1ccc(C=O)cc1[N+](=O)[O-])c1ccccc1. The van der Waals surface area contributed by atoms with Gasteiger partial charge in [0.25, 0.3) is 5.91 Å². The zero-order chi connectivity index (χ0) is 18.4. The standard InChI is InChI=1S/C18H18N2O5/c1-3-19(15-7-5-4-6-8-15)18(22)13(2)25-17-10-9-14(12-21)11-16(17)20(23)24/h4-13H,3H2,1-2H3/t13-/m0/s1. The number of carbonyl (C=O) groups is 2. The van der Waals surface area contributed by atoms with Crippen molar-refractivity contribution in [2.75, 3.05) is 11.4 Å². The number of nitro groups is 1. The molecule has 7 nitrogen and oxygen atoms in total. The number of aldehydes is 1. The van der Waals surface area contributed by atoms with E-state index in [1.54, 1.807) is 12.1 Å². The van der Waals surface area contributed by atoms with Gasteiger partial charge in [-0.05, 0) is 38.1 Å². The summed E-state index contributed by atoms with van der Waals surface area (Å²) in [4.78, 5) is 35.5. The molecule has 1 atom stereocenters. The predicted molar refractivity (Wildman–Crippen MR) is 93.0 cm³/mol. The number of ether oxygens (including phenoxy) is 1. The Hall–Kier alpha value is -3.22. The van der Waals surface area contributed by atoms with Crippen LogP contribution in [0.3, 0.4) is 0 Å². The van der Waals surface area contributed by atoms with Crippen molar-refractivity contribution in [3.8, 4) is 5.75 Å². The highest BCUT2D eigenvalue weighted by Crippen LogP contribution is 2.29. The summed E-state index contributed by atoms with van der Waals surface area (Å²) in [7, 11) is 0. The van der Waals surface area contributed by atoms with E-state index in [2.05, 4.69) is 0 Å². The molecule has 0 aliphatic heterocycles. The maximum Gasteiger partial charge on any atom is 0.311 e. The summed E-state index contributed by atoms with van der Waals surface area (Å²) in [5.41, 5.74) is 0.528. The molecule has 0 saturated heterocycles. The van der Waals surface area contributed by atoms with Crippen LogP contribution in [0.4, 0.5) is 11.4 Å². The summed E-state index contributed by atoms with van der Waals surface area (Å²) in [6.07, 6.45) is -0.416. The highest BCUT2D eigenvalue weighted by molar-refractivity contribution is 5.96. The average Bonchev–Trinajstić information content (AvgIpc) is 2.63. The molecule has 7 heteroatoms. The van der Waals surface area contributed by atoms with Crippen molar-refractivity contribution in [1.29, 1.82) is 0 Å². The number of carbonyl (C=O) groups excluding carboxylic acids is 2. The summed E-state index contributed by atoms with van der Waals surface area (Å²) in [5, 5.41) is 11.2. The number of para-hydroxylation sites is 1. The van der Waals surface area contributed by atoms with Crippen LogP contribution in [-0.2, 0) is 4.79 Å². The first-order valence-electron chi connectivity index (χ1n) is 7.74. The molecule has 2 aromatic rings. The number of benzene rings is 2. The van der Waals surface area contributed by atoms with E-state index < -0.39 is 11.0 Å². The first-order chi connectivity index (χ1) is 12.0. The molecule has 25 heavy (non-hydrogen) atoms. The largest absolute Gasteiger partial charge is 0.474 e. The molecule has 0 fully saturated rings. The molecule has 0 radical (unpaired) electrons. The van der Waals surface area contributed by atoms with Gasteiger partial charge >= 0.3 is 5.69 Å². The number of nitrogens with zero attached hydrogens (tertiary/aromatic N) is 2. The summed E-state index contributed by atoms with van der Waals surface area (Å²) in [5.74, 6) is -0.372. The maximum absolute atomic E-state index is 12.7. The molecule has 0 heterocycles. The minimum atomic E-state index is -0.930. The van der Waals surface area contributed by atoms with Crippen LogP contribution in [0.5, 0.6) is 5.75 Å². The molecule has 1 amide bonds. The second kappa shape index (κ2) is 8.05. The molecule has 0 saturated carbocycles.